The molecule has 8 heteroatoms. The van der Waals surface area contributed by atoms with Crippen LogP contribution in [-0.4, -0.2) is 42.2 Å². The number of rotatable bonds is 4. The molecular weight excluding hydrogens is 314 g/mol. The molecule has 2 aliphatic rings. The fraction of sp³-hybridized carbons (Fsp3) is 0.538. The first-order valence-electron chi connectivity index (χ1n) is 6.92. The lowest BCUT2D eigenvalue weighted by Crippen LogP contribution is -2.46. The highest BCUT2D eigenvalue weighted by molar-refractivity contribution is 7.89. The quantitative estimate of drug-likeness (QED) is 0.841. The first-order valence-corrected chi connectivity index (χ1v) is 8.74. The summed E-state index contributed by atoms with van der Waals surface area (Å²) in [5, 5.41) is 3.11. The first-order chi connectivity index (χ1) is 9.98. The normalized spacial score (nSPS) is 23.2. The number of hydrogen-bond acceptors (Lipinski definition) is 4. The maximum Gasteiger partial charge on any atom is 0.245 e. The minimum atomic E-state index is -3.71. The van der Waals surface area contributed by atoms with Crippen molar-refractivity contribution in [2.24, 2.45) is 0 Å². The fourth-order valence-electron chi connectivity index (χ4n) is 2.47. The first kappa shape index (κ1) is 14.7. The predicted molar refractivity (Wildman–Crippen MR) is 77.3 cm³/mol. The average Bonchev–Trinajstić information content (AvgIpc) is 3.11. The van der Waals surface area contributed by atoms with E-state index in [-0.39, 0.29) is 22.0 Å². The summed E-state index contributed by atoms with van der Waals surface area (Å²) >= 11 is 5.68. The molecule has 0 spiro atoms. The molecule has 0 aromatic carbocycles. The predicted octanol–water partition coefficient (Wildman–Crippen LogP) is 1.17. The van der Waals surface area contributed by atoms with E-state index in [1.54, 1.807) is 0 Å². The number of carbonyl (C=O) groups excluding carboxylic acids is 1. The molecule has 2 heterocycles. The van der Waals surface area contributed by atoms with Gasteiger partial charge >= 0.3 is 0 Å². The molecule has 114 valence electrons. The van der Waals surface area contributed by atoms with E-state index in [1.165, 1.54) is 22.6 Å². The number of aromatic nitrogens is 1. The molecule has 1 saturated heterocycles. The van der Waals surface area contributed by atoms with Gasteiger partial charge in [0.15, 0.2) is 0 Å². The van der Waals surface area contributed by atoms with Gasteiger partial charge in [0.05, 0.1) is 0 Å². The number of sulfonamides is 1. The molecule has 6 nitrogen and oxygen atoms in total. The third kappa shape index (κ3) is 3.04. The van der Waals surface area contributed by atoms with Crippen LogP contribution in [-0.2, 0) is 14.8 Å². The summed E-state index contributed by atoms with van der Waals surface area (Å²) < 4.78 is 26.5. The van der Waals surface area contributed by atoms with E-state index in [1.807, 2.05) is 0 Å². The van der Waals surface area contributed by atoms with Gasteiger partial charge in [-0.1, -0.05) is 11.6 Å². The van der Waals surface area contributed by atoms with E-state index in [0.717, 1.165) is 12.8 Å². The van der Waals surface area contributed by atoms with Crippen molar-refractivity contribution >= 4 is 27.5 Å². The molecule has 0 bridgehead atoms. The van der Waals surface area contributed by atoms with Crippen molar-refractivity contribution in [2.75, 3.05) is 6.54 Å². The maximum atomic E-state index is 12.6. The van der Waals surface area contributed by atoms with E-state index in [0.29, 0.717) is 19.4 Å². The standard InChI is InChI=1S/C13H16ClN3O3S/c14-12-6-5-10(8-15-12)21(19,20)17-7-1-2-11(17)13(18)16-9-3-4-9/h5-6,8-9,11H,1-4,7H2,(H,16,18). The Balaban J connectivity index is 1.82. The Hall–Kier alpha value is -1.18. The van der Waals surface area contributed by atoms with Gasteiger partial charge in [0, 0.05) is 18.8 Å². The molecule has 1 aliphatic carbocycles. The van der Waals surface area contributed by atoms with E-state index in [4.69, 9.17) is 11.6 Å². The molecule has 1 saturated carbocycles. The summed E-state index contributed by atoms with van der Waals surface area (Å²) in [5.74, 6) is -0.194. The van der Waals surface area contributed by atoms with E-state index in [2.05, 4.69) is 10.3 Å². The Bertz CT molecular complexity index is 643. The van der Waals surface area contributed by atoms with Gasteiger partial charge in [-0.15, -0.1) is 0 Å². The van der Waals surface area contributed by atoms with Crippen LogP contribution in [0.25, 0.3) is 0 Å². The van der Waals surface area contributed by atoms with Crippen molar-refractivity contribution in [3.63, 3.8) is 0 Å². The Morgan fingerprint density at radius 2 is 2.10 bits per heavy atom. The van der Waals surface area contributed by atoms with Gasteiger partial charge in [0.1, 0.15) is 16.1 Å². The van der Waals surface area contributed by atoms with Crippen LogP contribution in [0.2, 0.25) is 5.15 Å². The third-order valence-corrected chi connectivity index (χ3v) is 5.85. The second-order valence-corrected chi connectivity index (χ2v) is 7.65. The topological polar surface area (TPSA) is 79.4 Å². The minimum absolute atomic E-state index is 0.0676. The van der Waals surface area contributed by atoms with Crippen molar-refractivity contribution < 1.29 is 13.2 Å². The van der Waals surface area contributed by atoms with Crippen LogP contribution in [0, 0.1) is 0 Å². The van der Waals surface area contributed by atoms with Gasteiger partial charge in [-0.25, -0.2) is 13.4 Å². The molecule has 1 aromatic heterocycles. The molecule has 3 rings (SSSR count). The van der Waals surface area contributed by atoms with Crippen molar-refractivity contribution in [1.82, 2.24) is 14.6 Å². The van der Waals surface area contributed by atoms with Crippen LogP contribution in [0.1, 0.15) is 25.7 Å². The molecular formula is C13H16ClN3O3S. The highest BCUT2D eigenvalue weighted by atomic mass is 35.5. The number of nitrogens with zero attached hydrogens (tertiary/aromatic N) is 2. The average molecular weight is 330 g/mol. The van der Waals surface area contributed by atoms with E-state index >= 15 is 0 Å². The lowest BCUT2D eigenvalue weighted by molar-refractivity contribution is -0.124. The Morgan fingerprint density at radius 1 is 1.33 bits per heavy atom. The fourth-order valence-corrected chi connectivity index (χ4v) is 4.18. The molecule has 1 N–H and O–H groups in total. The van der Waals surface area contributed by atoms with Crippen LogP contribution < -0.4 is 5.32 Å². The number of nitrogens with one attached hydrogen (secondary N) is 1. The van der Waals surface area contributed by atoms with Gasteiger partial charge in [-0.05, 0) is 37.8 Å². The summed E-state index contributed by atoms with van der Waals surface area (Å²) in [4.78, 5) is 16.1. The van der Waals surface area contributed by atoms with Crippen molar-refractivity contribution in [3.05, 3.63) is 23.5 Å². The van der Waals surface area contributed by atoms with Gasteiger partial charge < -0.3 is 5.32 Å². The molecule has 0 radical (unpaired) electrons. The lowest BCUT2D eigenvalue weighted by atomic mass is 10.2. The second-order valence-electron chi connectivity index (χ2n) is 5.37. The molecule has 1 aliphatic heterocycles. The summed E-state index contributed by atoms with van der Waals surface area (Å²) in [5.41, 5.74) is 0. The van der Waals surface area contributed by atoms with E-state index in [9.17, 15) is 13.2 Å². The van der Waals surface area contributed by atoms with Crippen molar-refractivity contribution in [2.45, 2.75) is 42.7 Å². The Morgan fingerprint density at radius 3 is 2.71 bits per heavy atom. The number of amides is 1. The van der Waals surface area contributed by atoms with Crippen LogP contribution in [0.5, 0.6) is 0 Å². The van der Waals surface area contributed by atoms with Gasteiger partial charge in [-0.3, -0.25) is 4.79 Å². The zero-order valence-corrected chi connectivity index (χ0v) is 12.9. The van der Waals surface area contributed by atoms with Gasteiger partial charge in [0.2, 0.25) is 15.9 Å². The Kier molecular flexibility index (Phi) is 3.90. The largest absolute Gasteiger partial charge is 0.352 e. The molecule has 1 atom stereocenters. The number of pyridine rings is 1. The zero-order valence-electron chi connectivity index (χ0n) is 11.3. The molecule has 1 amide bonds. The highest BCUT2D eigenvalue weighted by Crippen LogP contribution is 2.27. The number of hydrogen-bond donors (Lipinski definition) is 1. The van der Waals surface area contributed by atoms with Gasteiger partial charge in [0.25, 0.3) is 0 Å². The molecule has 2 fully saturated rings. The Labute approximate surface area is 128 Å². The SMILES string of the molecule is O=C(NC1CC1)C1CCCN1S(=O)(=O)c1ccc(Cl)nc1. The molecule has 1 aromatic rings. The zero-order chi connectivity index (χ0) is 15.0. The summed E-state index contributed by atoms with van der Waals surface area (Å²) in [6.45, 7) is 0.355. The molecule has 21 heavy (non-hydrogen) atoms. The monoisotopic (exact) mass is 329 g/mol. The summed E-state index contributed by atoms with van der Waals surface area (Å²) in [6.07, 6.45) is 4.42. The maximum absolute atomic E-state index is 12.6. The van der Waals surface area contributed by atoms with Crippen LogP contribution >= 0.6 is 11.6 Å². The third-order valence-electron chi connectivity index (χ3n) is 3.74. The van der Waals surface area contributed by atoms with Crippen LogP contribution in [0.3, 0.4) is 0 Å². The van der Waals surface area contributed by atoms with Crippen molar-refractivity contribution in [3.8, 4) is 0 Å². The number of carbonyl (C=O) groups is 1. The molecule has 1 unspecified atom stereocenters. The van der Waals surface area contributed by atoms with Crippen LogP contribution in [0.4, 0.5) is 0 Å². The second kappa shape index (κ2) is 5.55. The van der Waals surface area contributed by atoms with E-state index < -0.39 is 16.1 Å². The lowest BCUT2D eigenvalue weighted by Gasteiger charge is -2.23. The number of halogens is 1. The minimum Gasteiger partial charge on any atom is -0.352 e. The highest BCUT2D eigenvalue weighted by Gasteiger charge is 2.40. The van der Waals surface area contributed by atoms with Crippen LogP contribution in [0.15, 0.2) is 23.2 Å². The summed E-state index contributed by atoms with van der Waals surface area (Å²) in [6, 6.07) is 2.45. The van der Waals surface area contributed by atoms with Crippen molar-refractivity contribution in [1.29, 1.82) is 0 Å². The summed E-state index contributed by atoms with van der Waals surface area (Å²) in [7, 11) is -3.71. The van der Waals surface area contributed by atoms with Gasteiger partial charge in [-0.2, -0.15) is 4.31 Å². The smallest absolute Gasteiger partial charge is 0.245 e.